The van der Waals surface area contributed by atoms with E-state index in [1.54, 1.807) is 6.08 Å². The van der Waals surface area contributed by atoms with Gasteiger partial charge in [0.15, 0.2) is 0 Å². The lowest BCUT2D eigenvalue weighted by Gasteiger charge is -2.06. The highest BCUT2D eigenvalue weighted by Gasteiger charge is 1.99. The van der Waals surface area contributed by atoms with E-state index in [-0.39, 0.29) is 5.91 Å². The molecule has 3 nitrogen and oxygen atoms in total. The van der Waals surface area contributed by atoms with Crippen LogP contribution in [0, 0.1) is 0 Å². The third-order valence-corrected chi connectivity index (χ3v) is 2.82. The smallest absolute Gasteiger partial charge is 0.248 e. The van der Waals surface area contributed by atoms with Crippen LogP contribution in [0.1, 0.15) is 18.9 Å². The van der Waals surface area contributed by atoms with Gasteiger partial charge < -0.3 is 10.1 Å². The average Bonchev–Trinajstić information content (AvgIpc) is 2.53. The fourth-order valence-electron chi connectivity index (χ4n) is 1.77. The van der Waals surface area contributed by atoms with Crippen LogP contribution in [0.15, 0.2) is 60.7 Å². The minimum atomic E-state index is -0.152. The van der Waals surface area contributed by atoms with Gasteiger partial charge in [0.1, 0.15) is 5.75 Å². The summed E-state index contributed by atoms with van der Waals surface area (Å²) in [6.07, 6.45) is 4.29. The van der Waals surface area contributed by atoms with E-state index >= 15 is 0 Å². The number of amides is 1. The van der Waals surface area contributed by atoms with E-state index in [9.17, 15) is 4.79 Å². The van der Waals surface area contributed by atoms with E-state index in [0.29, 0.717) is 6.61 Å². The summed E-state index contributed by atoms with van der Waals surface area (Å²) in [6.45, 7) is 2.76. The minimum Gasteiger partial charge on any atom is -0.494 e. The zero-order valence-electron chi connectivity index (χ0n) is 12.1. The van der Waals surface area contributed by atoms with Crippen molar-refractivity contribution in [1.82, 2.24) is 0 Å². The molecule has 21 heavy (non-hydrogen) atoms. The number of ether oxygens (including phenoxy) is 1. The van der Waals surface area contributed by atoms with Crippen molar-refractivity contribution in [3.63, 3.8) is 0 Å². The molecule has 0 fully saturated rings. The van der Waals surface area contributed by atoms with Gasteiger partial charge in [0.25, 0.3) is 0 Å². The molecule has 0 aliphatic rings. The predicted octanol–water partition coefficient (Wildman–Crippen LogP) is 4.13. The molecule has 0 saturated heterocycles. The number of carbonyl (C=O) groups is 1. The molecule has 3 heteroatoms. The fourth-order valence-corrected chi connectivity index (χ4v) is 1.77. The summed E-state index contributed by atoms with van der Waals surface area (Å²) in [6, 6.07) is 17.1. The number of nitrogens with one attached hydrogen (secondary N) is 1. The fraction of sp³-hybridized carbons (Fsp3) is 0.167. The first-order valence-electron chi connectivity index (χ1n) is 7.05. The molecule has 108 valence electrons. The second-order valence-corrected chi connectivity index (χ2v) is 4.61. The molecule has 0 aliphatic carbocycles. The number of hydrogen-bond acceptors (Lipinski definition) is 2. The van der Waals surface area contributed by atoms with Gasteiger partial charge in [0.05, 0.1) is 6.61 Å². The third kappa shape index (κ3) is 5.15. The zero-order valence-corrected chi connectivity index (χ0v) is 12.1. The standard InChI is InChI=1S/C18H19NO2/c1-2-14-21-17-11-9-16(10-12-17)19-18(20)13-8-15-6-4-3-5-7-15/h3-13H,2,14H2,1H3,(H,19,20)/b13-8+. The molecule has 0 saturated carbocycles. The van der Waals surface area contributed by atoms with Gasteiger partial charge in [-0.3, -0.25) is 4.79 Å². The van der Waals surface area contributed by atoms with Gasteiger partial charge in [-0.2, -0.15) is 0 Å². The number of anilines is 1. The first kappa shape index (κ1) is 14.9. The quantitative estimate of drug-likeness (QED) is 0.809. The first-order chi connectivity index (χ1) is 10.3. The number of carbonyl (C=O) groups excluding carboxylic acids is 1. The van der Waals surface area contributed by atoms with Crippen LogP contribution in [-0.2, 0) is 4.79 Å². The minimum absolute atomic E-state index is 0.152. The van der Waals surface area contributed by atoms with Gasteiger partial charge in [-0.25, -0.2) is 0 Å². The molecular weight excluding hydrogens is 262 g/mol. The molecule has 0 aliphatic heterocycles. The van der Waals surface area contributed by atoms with Gasteiger partial charge in [0.2, 0.25) is 5.91 Å². The van der Waals surface area contributed by atoms with Crippen LogP contribution in [-0.4, -0.2) is 12.5 Å². The van der Waals surface area contributed by atoms with Crippen molar-refractivity contribution >= 4 is 17.7 Å². The van der Waals surface area contributed by atoms with Crippen molar-refractivity contribution < 1.29 is 9.53 Å². The molecule has 0 heterocycles. The second-order valence-electron chi connectivity index (χ2n) is 4.61. The summed E-state index contributed by atoms with van der Waals surface area (Å²) >= 11 is 0. The molecule has 2 aromatic rings. The maximum absolute atomic E-state index is 11.8. The molecular formula is C18H19NO2. The molecule has 0 unspecified atom stereocenters. The second kappa shape index (κ2) is 7.90. The van der Waals surface area contributed by atoms with Gasteiger partial charge in [0, 0.05) is 11.8 Å². The Morgan fingerprint density at radius 2 is 1.81 bits per heavy atom. The van der Waals surface area contributed by atoms with Crippen LogP contribution in [0.5, 0.6) is 5.75 Å². The SMILES string of the molecule is CCCOc1ccc(NC(=O)/C=C/c2ccccc2)cc1. The molecule has 0 radical (unpaired) electrons. The maximum atomic E-state index is 11.8. The van der Waals surface area contributed by atoms with Crippen LogP contribution in [0.25, 0.3) is 6.08 Å². The van der Waals surface area contributed by atoms with Crippen molar-refractivity contribution in [2.45, 2.75) is 13.3 Å². The van der Waals surface area contributed by atoms with Gasteiger partial charge in [-0.15, -0.1) is 0 Å². The Morgan fingerprint density at radius 1 is 1.10 bits per heavy atom. The summed E-state index contributed by atoms with van der Waals surface area (Å²) in [7, 11) is 0. The summed E-state index contributed by atoms with van der Waals surface area (Å²) < 4.78 is 5.49. The molecule has 0 aromatic heterocycles. The van der Waals surface area contributed by atoms with Crippen LogP contribution >= 0.6 is 0 Å². The van der Waals surface area contributed by atoms with Crippen molar-refractivity contribution in [2.24, 2.45) is 0 Å². The van der Waals surface area contributed by atoms with Crippen LogP contribution < -0.4 is 10.1 Å². The third-order valence-electron chi connectivity index (χ3n) is 2.82. The Morgan fingerprint density at radius 3 is 2.48 bits per heavy atom. The maximum Gasteiger partial charge on any atom is 0.248 e. The topological polar surface area (TPSA) is 38.3 Å². The Balaban J connectivity index is 1.89. The van der Waals surface area contributed by atoms with Crippen molar-refractivity contribution in [1.29, 1.82) is 0 Å². The lowest BCUT2D eigenvalue weighted by atomic mass is 10.2. The van der Waals surface area contributed by atoms with E-state index in [2.05, 4.69) is 12.2 Å². The van der Waals surface area contributed by atoms with Crippen molar-refractivity contribution in [3.8, 4) is 5.75 Å². The summed E-state index contributed by atoms with van der Waals surface area (Å²) in [5.74, 6) is 0.663. The Bertz CT molecular complexity index is 588. The molecule has 2 aromatic carbocycles. The lowest BCUT2D eigenvalue weighted by Crippen LogP contribution is -2.07. The molecule has 2 rings (SSSR count). The zero-order chi connectivity index (χ0) is 14.9. The summed E-state index contributed by atoms with van der Waals surface area (Å²) in [5, 5.41) is 2.81. The number of benzene rings is 2. The van der Waals surface area contributed by atoms with Crippen LogP contribution in [0.3, 0.4) is 0 Å². The largest absolute Gasteiger partial charge is 0.494 e. The average molecular weight is 281 g/mol. The molecule has 0 bridgehead atoms. The lowest BCUT2D eigenvalue weighted by molar-refractivity contribution is -0.111. The predicted molar refractivity (Wildman–Crippen MR) is 86.3 cm³/mol. The van der Waals surface area contributed by atoms with E-state index in [0.717, 1.165) is 23.4 Å². The Hall–Kier alpha value is -2.55. The Labute approximate surface area is 125 Å². The van der Waals surface area contributed by atoms with E-state index < -0.39 is 0 Å². The van der Waals surface area contributed by atoms with Crippen molar-refractivity contribution in [2.75, 3.05) is 11.9 Å². The van der Waals surface area contributed by atoms with Crippen LogP contribution in [0.4, 0.5) is 5.69 Å². The summed E-state index contributed by atoms with van der Waals surface area (Å²) in [5.41, 5.74) is 1.75. The van der Waals surface area contributed by atoms with Gasteiger partial charge in [-0.05, 0) is 42.3 Å². The highest BCUT2D eigenvalue weighted by molar-refractivity contribution is 6.01. The highest BCUT2D eigenvalue weighted by Crippen LogP contribution is 2.16. The molecule has 0 spiro atoms. The molecule has 1 N–H and O–H groups in total. The summed E-state index contributed by atoms with van der Waals surface area (Å²) in [4.78, 5) is 11.8. The van der Waals surface area contributed by atoms with Gasteiger partial charge in [-0.1, -0.05) is 37.3 Å². The number of rotatable bonds is 6. The van der Waals surface area contributed by atoms with Crippen LogP contribution in [0.2, 0.25) is 0 Å². The van der Waals surface area contributed by atoms with E-state index in [1.165, 1.54) is 6.08 Å². The number of hydrogen-bond donors (Lipinski definition) is 1. The Kier molecular flexibility index (Phi) is 5.59. The molecule has 0 atom stereocenters. The monoisotopic (exact) mass is 281 g/mol. The van der Waals surface area contributed by atoms with Gasteiger partial charge >= 0.3 is 0 Å². The molecule has 1 amide bonds. The first-order valence-corrected chi connectivity index (χ1v) is 7.05. The van der Waals surface area contributed by atoms with E-state index in [1.807, 2.05) is 54.6 Å². The normalized spacial score (nSPS) is 10.5. The highest BCUT2D eigenvalue weighted by atomic mass is 16.5. The van der Waals surface area contributed by atoms with E-state index in [4.69, 9.17) is 4.74 Å². The van der Waals surface area contributed by atoms with Crippen molar-refractivity contribution in [3.05, 3.63) is 66.2 Å².